The fourth-order valence-corrected chi connectivity index (χ4v) is 2.86. The minimum atomic E-state index is -0.213. The monoisotopic (exact) mass is 310 g/mol. The fourth-order valence-electron chi connectivity index (χ4n) is 2.66. The SMILES string of the molecule is CCOC(=O)C1CN(CC)CCN1Cc1ccccc1Cl. The molecular formula is C16H23ClN2O2. The molecule has 1 heterocycles. The summed E-state index contributed by atoms with van der Waals surface area (Å²) in [6.07, 6.45) is 0. The summed E-state index contributed by atoms with van der Waals surface area (Å²) in [7, 11) is 0. The summed E-state index contributed by atoms with van der Waals surface area (Å²) in [6, 6.07) is 7.58. The Kier molecular flexibility index (Phi) is 6.03. The van der Waals surface area contributed by atoms with Gasteiger partial charge in [0.15, 0.2) is 0 Å². The predicted molar refractivity (Wildman–Crippen MR) is 84.4 cm³/mol. The summed E-state index contributed by atoms with van der Waals surface area (Å²) < 4.78 is 5.23. The summed E-state index contributed by atoms with van der Waals surface area (Å²) in [5.74, 6) is -0.136. The number of hydrogen-bond acceptors (Lipinski definition) is 4. The molecule has 1 saturated heterocycles. The Morgan fingerprint density at radius 3 is 2.76 bits per heavy atom. The van der Waals surface area contributed by atoms with Gasteiger partial charge in [-0.3, -0.25) is 9.69 Å². The lowest BCUT2D eigenvalue weighted by Gasteiger charge is -2.39. The molecule has 0 radical (unpaired) electrons. The van der Waals surface area contributed by atoms with E-state index in [0.29, 0.717) is 13.2 Å². The van der Waals surface area contributed by atoms with Crippen molar-refractivity contribution in [2.24, 2.45) is 0 Å². The van der Waals surface area contributed by atoms with E-state index in [2.05, 4.69) is 16.7 Å². The number of carbonyl (C=O) groups is 1. The molecule has 0 aliphatic carbocycles. The van der Waals surface area contributed by atoms with Crippen LogP contribution in [0.25, 0.3) is 0 Å². The molecule has 1 aromatic rings. The molecule has 116 valence electrons. The summed E-state index contributed by atoms with van der Waals surface area (Å²) >= 11 is 6.23. The van der Waals surface area contributed by atoms with Crippen molar-refractivity contribution < 1.29 is 9.53 Å². The largest absolute Gasteiger partial charge is 0.465 e. The third-order valence-corrected chi connectivity index (χ3v) is 4.28. The van der Waals surface area contributed by atoms with Gasteiger partial charge in [0.25, 0.3) is 0 Å². The second kappa shape index (κ2) is 7.78. The molecule has 0 spiro atoms. The highest BCUT2D eigenvalue weighted by atomic mass is 35.5. The van der Waals surface area contributed by atoms with E-state index >= 15 is 0 Å². The third kappa shape index (κ3) is 4.19. The van der Waals surface area contributed by atoms with Gasteiger partial charge in [0.2, 0.25) is 0 Å². The molecule has 1 atom stereocenters. The Morgan fingerprint density at radius 2 is 2.10 bits per heavy atom. The van der Waals surface area contributed by atoms with Crippen molar-refractivity contribution in [3.63, 3.8) is 0 Å². The summed E-state index contributed by atoms with van der Waals surface area (Å²) in [6.45, 7) is 8.56. The van der Waals surface area contributed by atoms with Gasteiger partial charge in [-0.05, 0) is 25.1 Å². The van der Waals surface area contributed by atoms with Crippen molar-refractivity contribution in [2.45, 2.75) is 26.4 Å². The van der Waals surface area contributed by atoms with E-state index < -0.39 is 0 Å². The second-order valence-electron chi connectivity index (χ2n) is 5.22. The summed E-state index contributed by atoms with van der Waals surface area (Å²) in [5, 5.41) is 0.748. The Morgan fingerprint density at radius 1 is 1.33 bits per heavy atom. The van der Waals surface area contributed by atoms with Crippen LogP contribution in [0.5, 0.6) is 0 Å². The number of halogens is 1. The first kappa shape index (κ1) is 16.3. The maximum Gasteiger partial charge on any atom is 0.324 e. The number of carbonyl (C=O) groups excluding carboxylic acids is 1. The van der Waals surface area contributed by atoms with Crippen molar-refractivity contribution in [1.29, 1.82) is 0 Å². The first-order valence-electron chi connectivity index (χ1n) is 7.52. The van der Waals surface area contributed by atoms with Crippen LogP contribution in [0.3, 0.4) is 0 Å². The molecular weight excluding hydrogens is 288 g/mol. The molecule has 21 heavy (non-hydrogen) atoms. The van der Waals surface area contributed by atoms with E-state index in [-0.39, 0.29) is 12.0 Å². The molecule has 1 aliphatic rings. The molecule has 0 aromatic heterocycles. The molecule has 4 nitrogen and oxygen atoms in total. The lowest BCUT2D eigenvalue weighted by Crippen LogP contribution is -2.56. The topological polar surface area (TPSA) is 32.8 Å². The van der Waals surface area contributed by atoms with Crippen molar-refractivity contribution in [3.05, 3.63) is 34.9 Å². The van der Waals surface area contributed by atoms with Crippen LogP contribution >= 0.6 is 11.6 Å². The van der Waals surface area contributed by atoms with E-state index in [1.54, 1.807) is 0 Å². The Hall–Kier alpha value is -1.10. The first-order valence-corrected chi connectivity index (χ1v) is 7.90. The molecule has 2 rings (SSSR count). The van der Waals surface area contributed by atoms with Crippen molar-refractivity contribution in [1.82, 2.24) is 9.80 Å². The zero-order valence-electron chi connectivity index (χ0n) is 12.7. The van der Waals surface area contributed by atoms with Gasteiger partial charge in [0.05, 0.1) is 6.61 Å². The van der Waals surface area contributed by atoms with Gasteiger partial charge in [-0.25, -0.2) is 0 Å². The highest BCUT2D eigenvalue weighted by Gasteiger charge is 2.33. The number of benzene rings is 1. The van der Waals surface area contributed by atoms with Crippen LogP contribution in [-0.4, -0.2) is 54.6 Å². The van der Waals surface area contributed by atoms with Crippen molar-refractivity contribution >= 4 is 17.6 Å². The number of ether oxygens (including phenoxy) is 1. The van der Waals surface area contributed by atoms with Gasteiger partial charge < -0.3 is 9.64 Å². The highest BCUT2D eigenvalue weighted by Crippen LogP contribution is 2.20. The average Bonchev–Trinajstić information content (AvgIpc) is 2.50. The summed E-state index contributed by atoms with van der Waals surface area (Å²) in [5.41, 5.74) is 1.05. The third-order valence-electron chi connectivity index (χ3n) is 3.91. The Bertz CT molecular complexity index is 481. The van der Waals surface area contributed by atoms with Gasteiger partial charge in [-0.2, -0.15) is 0 Å². The standard InChI is InChI=1S/C16H23ClN2O2/c1-3-18-9-10-19(15(12-18)16(20)21-4-2)11-13-7-5-6-8-14(13)17/h5-8,15H,3-4,9-12H2,1-2H3. The van der Waals surface area contributed by atoms with Crippen LogP contribution in [0.1, 0.15) is 19.4 Å². The quantitative estimate of drug-likeness (QED) is 0.782. The summed E-state index contributed by atoms with van der Waals surface area (Å²) in [4.78, 5) is 16.7. The number of rotatable bonds is 5. The van der Waals surface area contributed by atoms with Gasteiger partial charge in [-0.1, -0.05) is 36.7 Å². The molecule has 5 heteroatoms. The number of likely N-dealkylation sites (N-methyl/N-ethyl adjacent to an activating group) is 1. The minimum absolute atomic E-state index is 0.136. The normalized spacial score (nSPS) is 20.4. The van der Waals surface area contributed by atoms with Crippen LogP contribution < -0.4 is 0 Å². The smallest absolute Gasteiger partial charge is 0.324 e. The van der Waals surface area contributed by atoms with Gasteiger partial charge in [0, 0.05) is 31.2 Å². The second-order valence-corrected chi connectivity index (χ2v) is 5.63. The molecule has 0 amide bonds. The van der Waals surface area contributed by atoms with Crippen LogP contribution in [-0.2, 0) is 16.1 Å². The number of hydrogen-bond donors (Lipinski definition) is 0. The fraction of sp³-hybridized carbons (Fsp3) is 0.562. The number of nitrogens with zero attached hydrogens (tertiary/aromatic N) is 2. The zero-order chi connectivity index (χ0) is 15.2. The lowest BCUT2D eigenvalue weighted by molar-refractivity contribution is -0.152. The molecule has 1 fully saturated rings. The minimum Gasteiger partial charge on any atom is -0.465 e. The first-order chi connectivity index (χ1) is 10.2. The van der Waals surface area contributed by atoms with E-state index in [1.807, 2.05) is 31.2 Å². The highest BCUT2D eigenvalue weighted by molar-refractivity contribution is 6.31. The van der Waals surface area contributed by atoms with E-state index in [1.165, 1.54) is 0 Å². The van der Waals surface area contributed by atoms with E-state index in [4.69, 9.17) is 16.3 Å². The molecule has 0 bridgehead atoms. The van der Waals surface area contributed by atoms with Crippen LogP contribution in [0, 0.1) is 0 Å². The van der Waals surface area contributed by atoms with E-state index in [9.17, 15) is 4.79 Å². The van der Waals surface area contributed by atoms with E-state index in [0.717, 1.165) is 36.8 Å². The number of esters is 1. The van der Waals surface area contributed by atoms with Crippen LogP contribution in [0.2, 0.25) is 5.02 Å². The van der Waals surface area contributed by atoms with Gasteiger partial charge in [-0.15, -0.1) is 0 Å². The number of piperazine rings is 1. The predicted octanol–water partition coefficient (Wildman–Crippen LogP) is 2.41. The molecule has 0 saturated carbocycles. The molecule has 0 N–H and O–H groups in total. The lowest BCUT2D eigenvalue weighted by atomic mass is 10.1. The Balaban J connectivity index is 2.11. The molecule has 1 aliphatic heterocycles. The van der Waals surface area contributed by atoms with Crippen molar-refractivity contribution in [2.75, 3.05) is 32.8 Å². The molecule has 1 aromatic carbocycles. The van der Waals surface area contributed by atoms with Crippen LogP contribution in [0.4, 0.5) is 0 Å². The molecule has 1 unspecified atom stereocenters. The van der Waals surface area contributed by atoms with Gasteiger partial charge >= 0.3 is 5.97 Å². The Labute approximate surface area is 131 Å². The maximum absolute atomic E-state index is 12.2. The zero-order valence-corrected chi connectivity index (χ0v) is 13.5. The maximum atomic E-state index is 12.2. The van der Waals surface area contributed by atoms with Crippen molar-refractivity contribution in [3.8, 4) is 0 Å². The average molecular weight is 311 g/mol. The van der Waals surface area contributed by atoms with Crippen LogP contribution in [0.15, 0.2) is 24.3 Å². The van der Waals surface area contributed by atoms with Gasteiger partial charge in [0.1, 0.15) is 6.04 Å².